The molecule has 0 atom stereocenters. The second-order valence-corrected chi connectivity index (χ2v) is 6.55. The fourth-order valence-corrected chi connectivity index (χ4v) is 2.95. The lowest BCUT2D eigenvalue weighted by molar-refractivity contribution is 0.866. The molecule has 27 heavy (non-hydrogen) atoms. The van der Waals surface area contributed by atoms with Gasteiger partial charge in [0.1, 0.15) is 5.82 Å². The summed E-state index contributed by atoms with van der Waals surface area (Å²) in [4.78, 5) is 11.4. The third-order valence-corrected chi connectivity index (χ3v) is 4.43. The lowest BCUT2D eigenvalue weighted by Gasteiger charge is -2.21. The van der Waals surface area contributed by atoms with Crippen LogP contribution in [0.25, 0.3) is 0 Å². The zero-order valence-electron chi connectivity index (χ0n) is 16.5. The first-order chi connectivity index (χ1) is 13.1. The van der Waals surface area contributed by atoms with E-state index in [4.69, 9.17) is 0 Å². The number of hydrogen-bond acceptors (Lipinski definition) is 5. The lowest BCUT2D eigenvalue weighted by atomic mass is 10.2. The Labute approximate surface area is 161 Å². The fourth-order valence-electron chi connectivity index (χ4n) is 2.95. The summed E-state index contributed by atoms with van der Waals surface area (Å²) in [6, 6.07) is 18.6. The van der Waals surface area contributed by atoms with Gasteiger partial charge < -0.3 is 15.5 Å². The summed E-state index contributed by atoms with van der Waals surface area (Å²) >= 11 is 0. The van der Waals surface area contributed by atoms with Crippen molar-refractivity contribution in [1.82, 2.24) is 9.97 Å². The van der Waals surface area contributed by atoms with Crippen LogP contribution in [0, 0.1) is 13.8 Å². The summed E-state index contributed by atoms with van der Waals surface area (Å²) in [5.41, 5.74) is 5.33. The summed E-state index contributed by atoms with van der Waals surface area (Å²) in [6.07, 6.45) is 0. The van der Waals surface area contributed by atoms with Gasteiger partial charge in [0.2, 0.25) is 5.95 Å². The average molecular weight is 361 g/mol. The Morgan fingerprint density at radius 2 is 1.37 bits per heavy atom. The van der Waals surface area contributed by atoms with Crippen LogP contribution >= 0.6 is 0 Å². The summed E-state index contributed by atoms with van der Waals surface area (Å²) in [5.74, 6) is 1.36. The number of rotatable bonds is 7. The summed E-state index contributed by atoms with van der Waals surface area (Å²) in [6.45, 7) is 10.4. The van der Waals surface area contributed by atoms with E-state index in [1.807, 2.05) is 25.1 Å². The smallest absolute Gasteiger partial charge is 0.229 e. The van der Waals surface area contributed by atoms with Gasteiger partial charge in [-0.2, -0.15) is 4.98 Å². The predicted octanol–water partition coefficient (Wildman–Crippen LogP) is 5.43. The van der Waals surface area contributed by atoms with Crippen molar-refractivity contribution in [3.8, 4) is 0 Å². The van der Waals surface area contributed by atoms with Crippen LogP contribution < -0.4 is 15.5 Å². The van der Waals surface area contributed by atoms with E-state index in [0.717, 1.165) is 36.0 Å². The maximum absolute atomic E-state index is 4.59. The Morgan fingerprint density at radius 1 is 0.778 bits per heavy atom. The number of anilines is 5. The minimum atomic E-state index is 0.584. The number of benzene rings is 2. The Hall–Kier alpha value is -3.08. The van der Waals surface area contributed by atoms with Gasteiger partial charge >= 0.3 is 0 Å². The first-order valence-corrected chi connectivity index (χ1v) is 9.38. The fraction of sp³-hybridized carbons (Fsp3) is 0.273. The molecule has 0 fully saturated rings. The van der Waals surface area contributed by atoms with Crippen molar-refractivity contribution in [2.45, 2.75) is 27.7 Å². The molecule has 140 valence electrons. The van der Waals surface area contributed by atoms with E-state index in [0.29, 0.717) is 5.95 Å². The molecule has 2 N–H and O–H groups in total. The monoisotopic (exact) mass is 361 g/mol. The van der Waals surface area contributed by atoms with Crippen LogP contribution in [0.5, 0.6) is 0 Å². The third kappa shape index (κ3) is 4.97. The Kier molecular flexibility index (Phi) is 5.91. The molecule has 3 rings (SSSR count). The predicted molar refractivity (Wildman–Crippen MR) is 115 cm³/mol. The van der Waals surface area contributed by atoms with Crippen molar-refractivity contribution < 1.29 is 0 Å². The molecule has 0 aliphatic heterocycles. The highest BCUT2D eigenvalue weighted by molar-refractivity contribution is 5.62. The standard InChI is InChI=1S/C22H27N5/c1-5-27(6-2)20-13-11-19(12-14-20)25-22-23-17(4)15-21(26-22)24-18-9-7-16(3)8-10-18/h7-15H,5-6H2,1-4H3,(H2,23,24,25,26). The molecule has 0 radical (unpaired) electrons. The average Bonchev–Trinajstić information content (AvgIpc) is 2.65. The third-order valence-electron chi connectivity index (χ3n) is 4.43. The molecule has 0 aliphatic carbocycles. The number of hydrogen-bond donors (Lipinski definition) is 2. The molecule has 5 nitrogen and oxygen atoms in total. The van der Waals surface area contributed by atoms with Crippen molar-refractivity contribution in [2.75, 3.05) is 28.6 Å². The summed E-state index contributed by atoms with van der Waals surface area (Å²) in [5, 5.41) is 6.64. The second-order valence-electron chi connectivity index (χ2n) is 6.55. The van der Waals surface area contributed by atoms with E-state index < -0.39 is 0 Å². The molecule has 1 heterocycles. The maximum atomic E-state index is 4.59. The highest BCUT2D eigenvalue weighted by atomic mass is 15.1. The quantitative estimate of drug-likeness (QED) is 0.588. The Bertz CT molecular complexity index is 868. The zero-order chi connectivity index (χ0) is 19.2. The normalized spacial score (nSPS) is 10.5. The highest BCUT2D eigenvalue weighted by Gasteiger charge is 2.05. The van der Waals surface area contributed by atoms with E-state index in [1.165, 1.54) is 11.3 Å². The van der Waals surface area contributed by atoms with Gasteiger partial charge in [-0.3, -0.25) is 0 Å². The van der Waals surface area contributed by atoms with Crippen molar-refractivity contribution >= 4 is 28.8 Å². The van der Waals surface area contributed by atoms with Crippen LogP contribution in [-0.4, -0.2) is 23.1 Å². The first-order valence-electron chi connectivity index (χ1n) is 9.38. The van der Waals surface area contributed by atoms with E-state index in [2.05, 4.69) is 82.7 Å². The molecule has 2 aromatic carbocycles. The maximum Gasteiger partial charge on any atom is 0.229 e. The van der Waals surface area contributed by atoms with Crippen molar-refractivity contribution in [3.05, 3.63) is 65.9 Å². The van der Waals surface area contributed by atoms with E-state index >= 15 is 0 Å². The molecule has 3 aromatic rings. The Morgan fingerprint density at radius 3 is 2.00 bits per heavy atom. The van der Waals surface area contributed by atoms with Gasteiger partial charge in [-0.1, -0.05) is 17.7 Å². The van der Waals surface area contributed by atoms with E-state index in [-0.39, 0.29) is 0 Å². The highest BCUT2D eigenvalue weighted by Crippen LogP contribution is 2.22. The SMILES string of the molecule is CCN(CC)c1ccc(Nc2nc(C)cc(Nc3ccc(C)cc3)n2)cc1. The van der Waals surface area contributed by atoms with Crippen molar-refractivity contribution in [2.24, 2.45) is 0 Å². The van der Waals surface area contributed by atoms with E-state index in [1.54, 1.807) is 0 Å². The molecular formula is C22H27N5. The molecule has 0 aliphatic rings. The first kappa shape index (κ1) is 18.7. The van der Waals surface area contributed by atoms with Gasteiger partial charge in [0.05, 0.1) is 0 Å². The molecule has 0 unspecified atom stereocenters. The van der Waals surface area contributed by atoms with Crippen LogP contribution in [0.3, 0.4) is 0 Å². The number of nitrogens with one attached hydrogen (secondary N) is 2. The molecule has 0 bridgehead atoms. The van der Waals surface area contributed by atoms with Gasteiger partial charge in [-0.15, -0.1) is 0 Å². The van der Waals surface area contributed by atoms with Gasteiger partial charge in [-0.25, -0.2) is 4.98 Å². The van der Waals surface area contributed by atoms with Crippen LogP contribution in [0.1, 0.15) is 25.1 Å². The van der Waals surface area contributed by atoms with Gasteiger partial charge in [0.25, 0.3) is 0 Å². The molecular weight excluding hydrogens is 334 g/mol. The van der Waals surface area contributed by atoms with E-state index in [9.17, 15) is 0 Å². The topological polar surface area (TPSA) is 53.1 Å². The summed E-state index contributed by atoms with van der Waals surface area (Å²) < 4.78 is 0. The summed E-state index contributed by atoms with van der Waals surface area (Å²) in [7, 11) is 0. The molecule has 0 saturated carbocycles. The van der Waals surface area contributed by atoms with Crippen LogP contribution in [0.15, 0.2) is 54.6 Å². The molecule has 0 amide bonds. The number of aromatic nitrogens is 2. The minimum Gasteiger partial charge on any atom is -0.372 e. The largest absolute Gasteiger partial charge is 0.372 e. The molecule has 5 heteroatoms. The van der Waals surface area contributed by atoms with Crippen LogP contribution in [-0.2, 0) is 0 Å². The molecule has 0 saturated heterocycles. The molecule has 1 aromatic heterocycles. The van der Waals surface area contributed by atoms with Crippen LogP contribution in [0.2, 0.25) is 0 Å². The Balaban J connectivity index is 1.75. The minimum absolute atomic E-state index is 0.584. The van der Waals surface area contributed by atoms with Crippen LogP contribution in [0.4, 0.5) is 28.8 Å². The number of nitrogens with zero attached hydrogens (tertiary/aromatic N) is 3. The van der Waals surface area contributed by atoms with Crippen molar-refractivity contribution in [3.63, 3.8) is 0 Å². The second kappa shape index (κ2) is 8.54. The molecule has 0 spiro atoms. The van der Waals surface area contributed by atoms with Gasteiger partial charge in [0.15, 0.2) is 0 Å². The van der Waals surface area contributed by atoms with Gasteiger partial charge in [-0.05, 0) is 64.1 Å². The lowest BCUT2D eigenvalue weighted by Crippen LogP contribution is -2.21. The van der Waals surface area contributed by atoms with Crippen molar-refractivity contribution in [1.29, 1.82) is 0 Å². The van der Waals surface area contributed by atoms with Gasteiger partial charge in [0, 0.05) is 41.9 Å². The number of aryl methyl sites for hydroxylation is 2. The zero-order valence-corrected chi connectivity index (χ0v) is 16.5.